The second-order valence-electron chi connectivity index (χ2n) is 4.35. The van der Waals surface area contributed by atoms with Gasteiger partial charge >= 0.3 is 0 Å². The fourth-order valence-electron chi connectivity index (χ4n) is 1.89. The summed E-state index contributed by atoms with van der Waals surface area (Å²) in [6.07, 6.45) is 0.314. The van der Waals surface area contributed by atoms with Gasteiger partial charge in [0, 0.05) is 25.2 Å². The first kappa shape index (κ1) is 10.6. The standard InChI is InChI=1S/C11H18N2O2/c1-8-7-14-10(3)5-13(8)6-11-4-9(2)15-12-11/h4,8,10H,5-7H2,1-3H3/t8-,10+/m1/s1. The van der Waals surface area contributed by atoms with E-state index in [0.717, 1.165) is 31.2 Å². The fourth-order valence-corrected chi connectivity index (χ4v) is 1.89. The number of ether oxygens (including phenoxy) is 1. The zero-order valence-electron chi connectivity index (χ0n) is 9.56. The van der Waals surface area contributed by atoms with Crippen LogP contribution in [0.2, 0.25) is 0 Å². The lowest BCUT2D eigenvalue weighted by Crippen LogP contribution is -2.46. The van der Waals surface area contributed by atoms with E-state index < -0.39 is 0 Å². The monoisotopic (exact) mass is 210 g/mol. The SMILES string of the molecule is Cc1cc(CN2C[C@H](C)OC[C@H]2C)no1. The van der Waals surface area contributed by atoms with Crippen LogP contribution < -0.4 is 0 Å². The number of aryl methyl sites for hydroxylation is 1. The summed E-state index contributed by atoms with van der Waals surface area (Å²) >= 11 is 0. The van der Waals surface area contributed by atoms with Crippen molar-refractivity contribution in [3.05, 3.63) is 17.5 Å². The van der Waals surface area contributed by atoms with Crippen LogP contribution in [0.5, 0.6) is 0 Å². The van der Waals surface area contributed by atoms with E-state index >= 15 is 0 Å². The molecule has 0 aromatic carbocycles. The van der Waals surface area contributed by atoms with Crippen molar-refractivity contribution in [2.45, 2.75) is 39.5 Å². The van der Waals surface area contributed by atoms with Crippen LogP contribution in [0, 0.1) is 6.92 Å². The summed E-state index contributed by atoms with van der Waals surface area (Å²) in [5, 5.41) is 4.01. The summed E-state index contributed by atoms with van der Waals surface area (Å²) in [4.78, 5) is 2.38. The number of hydrogen-bond acceptors (Lipinski definition) is 4. The van der Waals surface area contributed by atoms with Gasteiger partial charge in [-0.2, -0.15) is 0 Å². The van der Waals surface area contributed by atoms with Gasteiger partial charge in [-0.1, -0.05) is 5.16 Å². The van der Waals surface area contributed by atoms with Gasteiger partial charge in [-0.15, -0.1) is 0 Å². The Morgan fingerprint density at radius 3 is 3.00 bits per heavy atom. The Morgan fingerprint density at radius 2 is 2.33 bits per heavy atom. The van der Waals surface area contributed by atoms with Crippen LogP contribution in [-0.2, 0) is 11.3 Å². The van der Waals surface area contributed by atoms with E-state index in [9.17, 15) is 0 Å². The van der Waals surface area contributed by atoms with Crippen molar-refractivity contribution in [1.82, 2.24) is 10.1 Å². The number of nitrogens with zero attached hydrogens (tertiary/aromatic N) is 2. The molecule has 4 nitrogen and oxygen atoms in total. The highest BCUT2D eigenvalue weighted by molar-refractivity contribution is 5.03. The molecule has 15 heavy (non-hydrogen) atoms. The predicted octanol–water partition coefficient (Wildman–Crippen LogP) is 1.59. The van der Waals surface area contributed by atoms with Gasteiger partial charge < -0.3 is 9.26 Å². The number of aromatic nitrogens is 1. The Balaban J connectivity index is 1.98. The second kappa shape index (κ2) is 4.33. The third kappa shape index (κ3) is 2.58. The average Bonchev–Trinajstić information content (AvgIpc) is 2.58. The molecule has 2 rings (SSSR count). The van der Waals surface area contributed by atoms with E-state index in [-0.39, 0.29) is 0 Å². The van der Waals surface area contributed by atoms with Gasteiger partial charge in [0.05, 0.1) is 18.4 Å². The number of rotatable bonds is 2. The summed E-state index contributed by atoms with van der Waals surface area (Å²) in [5.74, 6) is 0.874. The molecule has 0 saturated carbocycles. The minimum Gasteiger partial charge on any atom is -0.376 e. The van der Waals surface area contributed by atoms with Crippen molar-refractivity contribution in [3.63, 3.8) is 0 Å². The molecule has 4 heteroatoms. The van der Waals surface area contributed by atoms with Crippen LogP contribution >= 0.6 is 0 Å². The van der Waals surface area contributed by atoms with Gasteiger partial charge in [-0.25, -0.2) is 0 Å². The number of morpholine rings is 1. The molecule has 1 aromatic heterocycles. The first-order valence-electron chi connectivity index (χ1n) is 5.43. The largest absolute Gasteiger partial charge is 0.376 e. The maximum atomic E-state index is 5.58. The van der Waals surface area contributed by atoms with Gasteiger partial charge in [0.25, 0.3) is 0 Å². The first-order chi connectivity index (χ1) is 7.15. The quantitative estimate of drug-likeness (QED) is 0.743. The first-order valence-corrected chi connectivity index (χ1v) is 5.43. The van der Waals surface area contributed by atoms with Crippen molar-refractivity contribution in [2.75, 3.05) is 13.2 Å². The molecule has 1 aliphatic rings. The Morgan fingerprint density at radius 1 is 1.53 bits per heavy atom. The lowest BCUT2D eigenvalue weighted by molar-refractivity contribution is -0.0532. The van der Waals surface area contributed by atoms with E-state index in [0.29, 0.717) is 12.1 Å². The molecule has 0 bridgehead atoms. The van der Waals surface area contributed by atoms with E-state index in [1.165, 1.54) is 0 Å². The van der Waals surface area contributed by atoms with Crippen LogP contribution in [0.1, 0.15) is 25.3 Å². The van der Waals surface area contributed by atoms with Gasteiger partial charge in [-0.05, 0) is 20.8 Å². The molecule has 1 aliphatic heterocycles. The zero-order valence-corrected chi connectivity index (χ0v) is 9.56. The fraction of sp³-hybridized carbons (Fsp3) is 0.727. The van der Waals surface area contributed by atoms with E-state index in [4.69, 9.17) is 9.26 Å². The molecule has 1 aromatic rings. The molecular formula is C11H18N2O2. The molecule has 2 heterocycles. The van der Waals surface area contributed by atoms with Crippen molar-refractivity contribution in [3.8, 4) is 0 Å². The minimum absolute atomic E-state index is 0.314. The summed E-state index contributed by atoms with van der Waals surface area (Å²) in [7, 11) is 0. The van der Waals surface area contributed by atoms with Crippen molar-refractivity contribution in [2.24, 2.45) is 0 Å². The smallest absolute Gasteiger partial charge is 0.133 e. The third-order valence-corrected chi connectivity index (χ3v) is 2.78. The van der Waals surface area contributed by atoms with Crippen LogP contribution in [0.15, 0.2) is 10.6 Å². The maximum absolute atomic E-state index is 5.58. The normalized spacial score (nSPS) is 28.2. The Hall–Kier alpha value is -0.870. The van der Waals surface area contributed by atoms with Gasteiger partial charge in [0.2, 0.25) is 0 Å². The summed E-state index contributed by atoms with van der Waals surface area (Å²) in [5.41, 5.74) is 1.01. The zero-order chi connectivity index (χ0) is 10.8. The van der Waals surface area contributed by atoms with Crippen molar-refractivity contribution < 1.29 is 9.26 Å². The second-order valence-corrected chi connectivity index (χ2v) is 4.35. The Labute approximate surface area is 90.2 Å². The lowest BCUT2D eigenvalue weighted by atomic mass is 10.2. The molecule has 0 spiro atoms. The lowest BCUT2D eigenvalue weighted by Gasteiger charge is -2.36. The molecule has 1 saturated heterocycles. The van der Waals surface area contributed by atoms with E-state index in [2.05, 4.69) is 23.9 Å². The van der Waals surface area contributed by atoms with Crippen LogP contribution in [0.4, 0.5) is 0 Å². The number of hydrogen-bond donors (Lipinski definition) is 0. The average molecular weight is 210 g/mol. The molecule has 2 atom stereocenters. The summed E-state index contributed by atoms with van der Waals surface area (Å²) in [6, 6.07) is 2.45. The molecule has 0 aliphatic carbocycles. The van der Waals surface area contributed by atoms with Gasteiger partial charge in [0.15, 0.2) is 0 Å². The molecule has 1 fully saturated rings. The Bertz CT molecular complexity index is 324. The topological polar surface area (TPSA) is 38.5 Å². The Kier molecular flexibility index (Phi) is 3.07. The maximum Gasteiger partial charge on any atom is 0.133 e. The molecule has 0 N–H and O–H groups in total. The highest BCUT2D eigenvalue weighted by Crippen LogP contribution is 2.15. The van der Waals surface area contributed by atoms with Crippen molar-refractivity contribution >= 4 is 0 Å². The molecule has 84 valence electrons. The highest BCUT2D eigenvalue weighted by atomic mass is 16.5. The molecule has 0 amide bonds. The van der Waals surface area contributed by atoms with Gasteiger partial charge in [-0.3, -0.25) is 4.90 Å². The highest BCUT2D eigenvalue weighted by Gasteiger charge is 2.23. The van der Waals surface area contributed by atoms with Crippen LogP contribution in [0.3, 0.4) is 0 Å². The summed E-state index contributed by atoms with van der Waals surface area (Å²) in [6.45, 7) is 8.82. The van der Waals surface area contributed by atoms with Crippen LogP contribution in [0.25, 0.3) is 0 Å². The summed E-state index contributed by atoms with van der Waals surface area (Å²) < 4.78 is 10.6. The molecule has 0 radical (unpaired) electrons. The van der Waals surface area contributed by atoms with Gasteiger partial charge in [0.1, 0.15) is 5.76 Å². The third-order valence-electron chi connectivity index (χ3n) is 2.78. The van der Waals surface area contributed by atoms with Crippen LogP contribution in [-0.4, -0.2) is 35.4 Å². The molecular weight excluding hydrogens is 192 g/mol. The minimum atomic E-state index is 0.314. The molecule has 0 unspecified atom stereocenters. The van der Waals surface area contributed by atoms with E-state index in [1.807, 2.05) is 13.0 Å². The van der Waals surface area contributed by atoms with E-state index in [1.54, 1.807) is 0 Å². The van der Waals surface area contributed by atoms with Crippen molar-refractivity contribution in [1.29, 1.82) is 0 Å². The predicted molar refractivity (Wildman–Crippen MR) is 56.5 cm³/mol.